The summed E-state index contributed by atoms with van der Waals surface area (Å²) in [5.74, 6) is -1.36. The Labute approximate surface area is 179 Å². The first kappa shape index (κ1) is 21.3. The summed E-state index contributed by atoms with van der Waals surface area (Å²) in [6.07, 6.45) is -1.71. The molecule has 0 spiro atoms. The van der Waals surface area contributed by atoms with Crippen molar-refractivity contribution < 1.29 is 31.9 Å². The number of amides is 3. The Balaban J connectivity index is 1.54. The summed E-state index contributed by atoms with van der Waals surface area (Å²) in [5, 5.41) is 0. The van der Waals surface area contributed by atoms with Crippen LogP contribution < -0.4 is 9.64 Å². The Morgan fingerprint density at radius 1 is 0.969 bits per heavy atom. The Bertz CT molecular complexity index is 1150. The number of pyridine rings is 1. The summed E-state index contributed by atoms with van der Waals surface area (Å²) in [7, 11) is 0. The van der Waals surface area contributed by atoms with Gasteiger partial charge in [-0.25, -0.2) is 14.1 Å². The number of hydrogen-bond donors (Lipinski definition) is 0. The first-order valence-electron chi connectivity index (χ1n) is 9.38. The van der Waals surface area contributed by atoms with E-state index in [0.717, 1.165) is 17.0 Å². The Morgan fingerprint density at radius 3 is 2.31 bits per heavy atom. The predicted octanol–water partition coefficient (Wildman–Crippen LogP) is 4.76. The number of nitrogens with zero attached hydrogens (tertiary/aromatic N) is 3. The normalized spacial score (nSPS) is 14.2. The molecule has 0 aliphatic carbocycles. The van der Waals surface area contributed by atoms with Crippen molar-refractivity contribution in [1.29, 1.82) is 0 Å². The first-order chi connectivity index (χ1) is 15.2. The molecule has 32 heavy (non-hydrogen) atoms. The number of imide groups is 1. The number of ether oxygens (including phenoxy) is 1. The minimum absolute atomic E-state index is 0.0889. The fourth-order valence-corrected chi connectivity index (χ4v) is 3.38. The monoisotopic (exact) mass is 445 g/mol. The van der Waals surface area contributed by atoms with Crippen LogP contribution in [0.4, 0.5) is 28.0 Å². The minimum atomic E-state index is -4.84. The van der Waals surface area contributed by atoms with Gasteiger partial charge in [0.05, 0.1) is 5.69 Å². The van der Waals surface area contributed by atoms with Gasteiger partial charge in [0.25, 0.3) is 5.91 Å². The maximum absolute atomic E-state index is 13.3. The van der Waals surface area contributed by atoms with E-state index < -0.39 is 24.1 Å². The zero-order valence-corrected chi connectivity index (χ0v) is 16.3. The van der Waals surface area contributed by atoms with Crippen LogP contribution in [0.1, 0.15) is 5.56 Å². The Hall–Kier alpha value is -3.95. The summed E-state index contributed by atoms with van der Waals surface area (Å²) in [6.45, 7) is -0.115. The van der Waals surface area contributed by atoms with Crippen LogP contribution in [0.3, 0.4) is 0 Å². The molecular formula is C22H15F4N3O3. The topological polar surface area (TPSA) is 62.7 Å². The number of hydrogen-bond acceptors (Lipinski definition) is 4. The van der Waals surface area contributed by atoms with Crippen molar-refractivity contribution in [2.75, 3.05) is 11.4 Å². The van der Waals surface area contributed by atoms with Crippen LogP contribution in [-0.2, 0) is 11.3 Å². The highest BCUT2D eigenvalue weighted by Gasteiger charge is 2.37. The maximum atomic E-state index is 13.3. The molecule has 0 N–H and O–H groups in total. The van der Waals surface area contributed by atoms with Crippen molar-refractivity contribution in [3.8, 4) is 16.9 Å². The molecule has 0 unspecified atom stereocenters. The van der Waals surface area contributed by atoms with E-state index in [-0.39, 0.29) is 24.6 Å². The number of anilines is 1. The molecule has 2 heterocycles. The van der Waals surface area contributed by atoms with Gasteiger partial charge in [-0.1, -0.05) is 12.1 Å². The molecule has 1 aliphatic rings. The second-order valence-corrected chi connectivity index (χ2v) is 6.95. The van der Waals surface area contributed by atoms with Crippen molar-refractivity contribution in [3.63, 3.8) is 0 Å². The second kappa shape index (κ2) is 8.29. The molecule has 3 amide bonds. The number of urea groups is 1. The van der Waals surface area contributed by atoms with Crippen molar-refractivity contribution in [2.45, 2.75) is 12.9 Å². The fourth-order valence-electron chi connectivity index (χ4n) is 3.38. The minimum Gasteiger partial charge on any atom is -0.406 e. The molecule has 2 aromatic carbocycles. The summed E-state index contributed by atoms with van der Waals surface area (Å²) in [6, 6.07) is 11.3. The van der Waals surface area contributed by atoms with E-state index in [9.17, 15) is 27.2 Å². The van der Waals surface area contributed by atoms with Crippen molar-refractivity contribution in [2.24, 2.45) is 0 Å². The summed E-state index contributed by atoms with van der Waals surface area (Å²) < 4.78 is 54.1. The number of rotatable bonds is 5. The Kier molecular flexibility index (Phi) is 5.52. The molecule has 1 saturated heterocycles. The standard InChI is InChI=1S/C22H15F4N3O3/c23-16-3-1-14(2-4-16)19-11-27-10-9-15(19)12-28-13-20(30)29(21(28)31)17-5-7-18(8-6-17)32-22(24,25)26/h1-11H,12-13H2. The van der Waals surface area contributed by atoms with Gasteiger partial charge in [0, 0.05) is 24.5 Å². The van der Waals surface area contributed by atoms with E-state index in [1.807, 2.05) is 0 Å². The van der Waals surface area contributed by atoms with E-state index >= 15 is 0 Å². The van der Waals surface area contributed by atoms with Gasteiger partial charge in [-0.15, -0.1) is 13.2 Å². The summed E-state index contributed by atoms with van der Waals surface area (Å²) in [5.41, 5.74) is 2.21. The van der Waals surface area contributed by atoms with Gasteiger partial charge in [-0.05, 0) is 53.6 Å². The molecule has 3 aromatic rings. The van der Waals surface area contributed by atoms with Gasteiger partial charge in [0.1, 0.15) is 18.1 Å². The molecule has 0 atom stereocenters. The zero-order valence-electron chi connectivity index (χ0n) is 16.3. The maximum Gasteiger partial charge on any atom is 0.573 e. The largest absolute Gasteiger partial charge is 0.573 e. The van der Waals surface area contributed by atoms with E-state index in [4.69, 9.17) is 0 Å². The van der Waals surface area contributed by atoms with E-state index in [0.29, 0.717) is 16.7 Å². The molecule has 10 heteroatoms. The number of benzene rings is 2. The average Bonchev–Trinajstić information content (AvgIpc) is 3.02. The first-order valence-corrected chi connectivity index (χ1v) is 9.38. The lowest BCUT2D eigenvalue weighted by atomic mass is 10.0. The molecule has 0 radical (unpaired) electrons. The Morgan fingerprint density at radius 2 is 1.66 bits per heavy atom. The number of aromatic nitrogens is 1. The third kappa shape index (κ3) is 4.53. The van der Waals surface area contributed by atoms with Crippen molar-refractivity contribution in [1.82, 2.24) is 9.88 Å². The lowest BCUT2D eigenvalue weighted by molar-refractivity contribution is -0.274. The van der Waals surface area contributed by atoms with Crippen LogP contribution in [0.25, 0.3) is 11.1 Å². The van der Waals surface area contributed by atoms with Gasteiger partial charge < -0.3 is 9.64 Å². The molecule has 0 bridgehead atoms. The van der Waals surface area contributed by atoms with E-state index in [2.05, 4.69) is 9.72 Å². The SMILES string of the molecule is O=C1CN(Cc2ccncc2-c2ccc(F)cc2)C(=O)N1c1ccc(OC(F)(F)F)cc1. The number of halogens is 4. The molecule has 6 nitrogen and oxygen atoms in total. The lowest BCUT2D eigenvalue weighted by Gasteiger charge is -2.19. The quantitative estimate of drug-likeness (QED) is 0.420. The third-order valence-electron chi connectivity index (χ3n) is 4.79. The van der Waals surface area contributed by atoms with E-state index in [1.54, 1.807) is 30.6 Å². The van der Waals surface area contributed by atoms with Crippen LogP contribution in [0.2, 0.25) is 0 Å². The summed E-state index contributed by atoms with van der Waals surface area (Å²) >= 11 is 0. The van der Waals surface area contributed by atoms with Gasteiger partial charge in [0.2, 0.25) is 0 Å². The average molecular weight is 445 g/mol. The van der Waals surface area contributed by atoms with Crippen molar-refractivity contribution in [3.05, 3.63) is 78.4 Å². The lowest BCUT2D eigenvalue weighted by Crippen LogP contribution is -2.32. The molecule has 1 aliphatic heterocycles. The highest BCUT2D eigenvalue weighted by atomic mass is 19.4. The zero-order chi connectivity index (χ0) is 22.9. The highest BCUT2D eigenvalue weighted by Crippen LogP contribution is 2.29. The molecule has 164 valence electrons. The van der Waals surface area contributed by atoms with Gasteiger partial charge in [-0.2, -0.15) is 0 Å². The molecular weight excluding hydrogens is 430 g/mol. The number of carbonyl (C=O) groups is 2. The number of carbonyl (C=O) groups excluding carboxylic acids is 2. The predicted molar refractivity (Wildman–Crippen MR) is 106 cm³/mol. The van der Waals surface area contributed by atoms with Crippen LogP contribution in [0.15, 0.2) is 67.0 Å². The van der Waals surface area contributed by atoms with Crippen LogP contribution >= 0.6 is 0 Å². The second-order valence-electron chi connectivity index (χ2n) is 6.95. The van der Waals surface area contributed by atoms with Crippen molar-refractivity contribution >= 4 is 17.6 Å². The summed E-state index contributed by atoms with van der Waals surface area (Å²) in [4.78, 5) is 31.7. The van der Waals surface area contributed by atoms with Crippen LogP contribution in [0, 0.1) is 5.82 Å². The smallest absolute Gasteiger partial charge is 0.406 e. The van der Waals surface area contributed by atoms with Gasteiger partial charge in [-0.3, -0.25) is 9.78 Å². The molecule has 0 saturated carbocycles. The number of alkyl halides is 3. The third-order valence-corrected chi connectivity index (χ3v) is 4.79. The van der Waals surface area contributed by atoms with Crippen LogP contribution in [0.5, 0.6) is 5.75 Å². The van der Waals surface area contributed by atoms with Gasteiger partial charge >= 0.3 is 12.4 Å². The van der Waals surface area contributed by atoms with E-state index in [1.165, 1.54) is 29.2 Å². The van der Waals surface area contributed by atoms with Crippen LogP contribution in [-0.4, -0.2) is 34.7 Å². The highest BCUT2D eigenvalue weighted by molar-refractivity contribution is 6.19. The molecule has 1 fully saturated rings. The van der Waals surface area contributed by atoms with Gasteiger partial charge in [0.15, 0.2) is 0 Å². The fraction of sp³-hybridized carbons (Fsp3) is 0.136. The molecule has 1 aromatic heterocycles. The molecule has 4 rings (SSSR count).